The Balaban J connectivity index is 1.58. The van der Waals surface area contributed by atoms with Crippen LogP contribution >= 0.6 is 11.3 Å². The van der Waals surface area contributed by atoms with E-state index in [1.165, 1.54) is 23.3 Å². The van der Waals surface area contributed by atoms with Crippen molar-refractivity contribution in [2.45, 2.75) is 6.04 Å². The number of thiazole rings is 1. The number of esters is 1. The Labute approximate surface area is 208 Å². The van der Waals surface area contributed by atoms with Gasteiger partial charge in [0.15, 0.2) is 10.6 Å². The normalized spacial score (nSPS) is 14.9. The Bertz CT molecular complexity index is 1740. The molecule has 0 saturated carbocycles. The molecule has 178 valence electrons. The van der Waals surface area contributed by atoms with Gasteiger partial charge in [0.1, 0.15) is 11.3 Å². The minimum absolute atomic E-state index is 0.0161. The van der Waals surface area contributed by atoms with E-state index in [9.17, 15) is 14.4 Å². The fourth-order valence-electron chi connectivity index (χ4n) is 4.47. The molecule has 0 unspecified atom stereocenters. The Kier molecular flexibility index (Phi) is 5.08. The van der Waals surface area contributed by atoms with Gasteiger partial charge in [0.05, 0.1) is 47.0 Å². The number of benzene rings is 3. The molecule has 0 aliphatic carbocycles. The van der Waals surface area contributed by atoms with Gasteiger partial charge in [0, 0.05) is 0 Å². The molecule has 9 heteroatoms. The van der Waals surface area contributed by atoms with Crippen molar-refractivity contribution >= 4 is 49.5 Å². The van der Waals surface area contributed by atoms with Crippen LogP contribution in [0.25, 0.3) is 21.2 Å². The van der Waals surface area contributed by atoms with Crippen LogP contribution in [0.3, 0.4) is 0 Å². The number of methoxy groups -OCH3 is 2. The summed E-state index contributed by atoms with van der Waals surface area (Å²) in [5, 5.41) is 0.802. The molecule has 1 atom stereocenters. The number of carbonyl (C=O) groups excluding carboxylic acids is 2. The summed E-state index contributed by atoms with van der Waals surface area (Å²) < 4.78 is 16.9. The lowest BCUT2D eigenvalue weighted by Crippen LogP contribution is -2.29. The Morgan fingerprint density at radius 3 is 2.56 bits per heavy atom. The van der Waals surface area contributed by atoms with Gasteiger partial charge in [-0.05, 0) is 48.0 Å². The zero-order valence-corrected chi connectivity index (χ0v) is 20.0. The van der Waals surface area contributed by atoms with Crippen LogP contribution in [0, 0.1) is 0 Å². The van der Waals surface area contributed by atoms with Crippen molar-refractivity contribution in [3.63, 3.8) is 0 Å². The molecule has 0 radical (unpaired) electrons. The highest BCUT2D eigenvalue weighted by atomic mass is 32.1. The van der Waals surface area contributed by atoms with Crippen molar-refractivity contribution in [3.05, 3.63) is 99.4 Å². The highest BCUT2D eigenvalue weighted by Gasteiger charge is 2.45. The number of hydrogen-bond acceptors (Lipinski definition) is 8. The van der Waals surface area contributed by atoms with E-state index in [0.29, 0.717) is 38.5 Å². The maximum atomic E-state index is 13.8. The van der Waals surface area contributed by atoms with Crippen LogP contribution < -0.4 is 15.1 Å². The second-order valence-corrected chi connectivity index (χ2v) is 9.20. The first-order valence-electron chi connectivity index (χ1n) is 11.0. The molecule has 0 spiro atoms. The van der Waals surface area contributed by atoms with E-state index >= 15 is 0 Å². The van der Waals surface area contributed by atoms with Crippen LogP contribution in [0.5, 0.6) is 5.75 Å². The lowest BCUT2D eigenvalue weighted by Gasteiger charge is -2.22. The lowest BCUT2D eigenvalue weighted by atomic mass is 9.98. The molecule has 0 bridgehead atoms. The van der Waals surface area contributed by atoms with E-state index in [1.807, 2.05) is 12.1 Å². The summed E-state index contributed by atoms with van der Waals surface area (Å²) in [4.78, 5) is 45.6. The highest BCUT2D eigenvalue weighted by molar-refractivity contribution is 7.22. The summed E-state index contributed by atoms with van der Waals surface area (Å²) in [6.07, 6.45) is 0. The molecule has 0 N–H and O–H groups in total. The zero-order chi connectivity index (χ0) is 25.0. The molecule has 5 aromatic rings. The third-order valence-corrected chi connectivity index (χ3v) is 7.23. The second kappa shape index (κ2) is 8.31. The predicted molar refractivity (Wildman–Crippen MR) is 135 cm³/mol. The summed E-state index contributed by atoms with van der Waals surface area (Å²) in [6, 6.07) is 18.1. The second-order valence-electron chi connectivity index (χ2n) is 8.19. The van der Waals surface area contributed by atoms with E-state index in [0.717, 1.165) is 4.70 Å². The summed E-state index contributed by atoms with van der Waals surface area (Å²) in [6.45, 7) is 0. The monoisotopic (exact) mass is 498 g/mol. The number of anilines is 1. The fourth-order valence-corrected chi connectivity index (χ4v) is 5.50. The molecule has 1 aliphatic rings. The first-order valence-corrected chi connectivity index (χ1v) is 11.8. The molecule has 0 fully saturated rings. The number of carbonyl (C=O) groups is 2. The van der Waals surface area contributed by atoms with Gasteiger partial charge in [0.25, 0.3) is 5.91 Å². The lowest BCUT2D eigenvalue weighted by molar-refractivity contribution is 0.0600. The maximum Gasteiger partial charge on any atom is 0.337 e. The van der Waals surface area contributed by atoms with Crippen molar-refractivity contribution in [3.8, 4) is 5.75 Å². The summed E-state index contributed by atoms with van der Waals surface area (Å²) in [7, 11) is 2.89. The smallest absolute Gasteiger partial charge is 0.337 e. The molecule has 36 heavy (non-hydrogen) atoms. The first-order chi connectivity index (χ1) is 17.5. The summed E-state index contributed by atoms with van der Waals surface area (Å²) in [5.41, 5.74) is 1.98. The molecule has 3 heterocycles. The standard InChI is InChI=1S/C27H18N2O6S/c1-33-16-11-12-18-20(13-16)36-27(28-18)29-22(14-7-9-15(10-8-14)26(32)34-2)21-23(30)17-5-3-4-6-19(17)35-24(21)25(29)31/h3-13,22H,1-2H3/t22-/m0/s1. The van der Waals surface area contributed by atoms with Crippen molar-refractivity contribution < 1.29 is 23.5 Å². The topological polar surface area (TPSA) is 98.9 Å². The van der Waals surface area contributed by atoms with E-state index in [2.05, 4.69) is 4.98 Å². The quantitative estimate of drug-likeness (QED) is 0.323. The van der Waals surface area contributed by atoms with Gasteiger partial charge in [-0.3, -0.25) is 14.5 Å². The molecule has 1 amide bonds. The number of fused-ring (bicyclic) bond motifs is 3. The molecular formula is C27H18N2O6S. The van der Waals surface area contributed by atoms with Gasteiger partial charge in [0.2, 0.25) is 5.76 Å². The molecular weight excluding hydrogens is 480 g/mol. The minimum Gasteiger partial charge on any atom is -0.497 e. The van der Waals surface area contributed by atoms with Crippen LogP contribution in [0.15, 0.2) is 75.9 Å². The Morgan fingerprint density at radius 1 is 1.03 bits per heavy atom. The molecule has 1 aliphatic heterocycles. The largest absolute Gasteiger partial charge is 0.497 e. The zero-order valence-electron chi connectivity index (χ0n) is 19.2. The van der Waals surface area contributed by atoms with Gasteiger partial charge < -0.3 is 13.9 Å². The van der Waals surface area contributed by atoms with Crippen molar-refractivity contribution in [1.82, 2.24) is 4.98 Å². The number of aromatic nitrogens is 1. The number of para-hydroxylation sites is 1. The summed E-state index contributed by atoms with van der Waals surface area (Å²) >= 11 is 1.31. The van der Waals surface area contributed by atoms with E-state index in [4.69, 9.17) is 13.9 Å². The molecule has 8 nitrogen and oxygen atoms in total. The fraction of sp³-hybridized carbons (Fsp3) is 0.111. The van der Waals surface area contributed by atoms with Gasteiger partial charge >= 0.3 is 5.97 Å². The van der Waals surface area contributed by atoms with Crippen LogP contribution in [-0.4, -0.2) is 31.1 Å². The first kappa shape index (κ1) is 22.0. The molecule has 0 saturated heterocycles. The highest BCUT2D eigenvalue weighted by Crippen LogP contribution is 2.44. The summed E-state index contributed by atoms with van der Waals surface area (Å²) in [5.74, 6) is -0.280. The number of ether oxygens (including phenoxy) is 2. The van der Waals surface area contributed by atoms with Crippen molar-refractivity contribution in [2.24, 2.45) is 0 Å². The molecule has 2 aromatic heterocycles. The van der Waals surface area contributed by atoms with Crippen LogP contribution in [0.2, 0.25) is 0 Å². The van der Waals surface area contributed by atoms with Gasteiger partial charge in [-0.2, -0.15) is 0 Å². The van der Waals surface area contributed by atoms with E-state index < -0.39 is 17.9 Å². The average Bonchev–Trinajstić information content (AvgIpc) is 3.46. The SMILES string of the molecule is COC(=O)c1ccc([C@H]2c3c(oc4ccccc4c3=O)C(=O)N2c2nc3ccc(OC)cc3s2)cc1. The number of amides is 1. The number of rotatable bonds is 4. The van der Waals surface area contributed by atoms with Crippen LogP contribution in [0.1, 0.15) is 38.1 Å². The van der Waals surface area contributed by atoms with E-state index in [-0.39, 0.29) is 16.8 Å². The number of nitrogens with zero attached hydrogens (tertiary/aromatic N) is 2. The third-order valence-electron chi connectivity index (χ3n) is 6.22. The van der Waals surface area contributed by atoms with Crippen LogP contribution in [-0.2, 0) is 4.74 Å². The Hall–Kier alpha value is -4.50. The number of hydrogen-bond donors (Lipinski definition) is 0. The molecule has 6 rings (SSSR count). The van der Waals surface area contributed by atoms with E-state index in [1.54, 1.807) is 61.7 Å². The van der Waals surface area contributed by atoms with Crippen molar-refractivity contribution in [1.29, 1.82) is 0 Å². The van der Waals surface area contributed by atoms with Gasteiger partial charge in [-0.1, -0.05) is 35.6 Å². The molecule has 3 aromatic carbocycles. The van der Waals surface area contributed by atoms with Gasteiger partial charge in [-0.15, -0.1) is 0 Å². The minimum atomic E-state index is -0.789. The van der Waals surface area contributed by atoms with Crippen LogP contribution in [0.4, 0.5) is 5.13 Å². The Morgan fingerprint density at radius 2 is 1.81 bits per heavy atom. The van der Waals surface area contributed by atoms with Crippen molar-refractivity contribution in [2.75, 3.05) is 19.1 Å². The third kappa shape index (κ3) is 3.28. The maximum absolute atomic E-state index is 13.8. The predicted octanol–water partition coefficient (Wildman–Crippen LogP) is 4.95. The average molecular weight is 499 g/mol. The van der Waals surface area contributed by atoms with Gasteiger partial charge in [-0.25, -0.2) is 9.78 Å².